The minimum Gasteiger partial charge on any atom is -0.384 e. The lowest BCUT2D eigenvalue weighted by atomic mass is 10.1. The van der Waals surface area contributed by atoms with Crippen LogP contribution < -0.4 is 16.6 Å². The van der Waals surface area contributed by atoms with Crippen LogP contribution in [-0.2, 0) is 0 Å². The Balaban J connectivity index is 2.41. The molecule has 3 N–H and O–H groups in total. The molecule has 1 aliphatic heterocycles. The first-order valence-electron chi connectivity index (χ1n) is 5.98. The number of aromatic nitrogens is 1. The van der Waals surface area contributed by atoms with Gasteiger partial charge in [0.2, 0.25) is 0 Å². The first kappa shape index (κ1) is 15.4. The fraction of sp³-hybridized carbons (Fsp3) is 0. The minimum atomic E-state index is -1.29. The van der Waals surface area contributed by atoms with Gasteiger partial charge in [-0.2, -0.15) is 0 Å². The van der Waals surface area contributed by atoms with Gasteiger partial charge >= 0.3 is 0 Å². The number of amides is 2. The monoisotopic (exact) mass is 359 g/mol. The highest BCUT2D eigenvalue weighted by molar-refractivity contribution is 6.35. The highest BCUT2D eigenvalue weighted by Gasteiger charge is 2.32. The number of anilines is 1. The molecule has 1 aromatic carbocycles. The van der Waals surface area contributed by atoms with Crippen molar-refractivity contribution in [3.63, 3.8) is 0 Å². The van der Waals surface area contributed by atoms with Crippen molar-refractivity contribution in [2.24, 2.45) is 0 Å². The molecule has 0 bridgehead atoms. The van der Waals surface area contributed by atoms with E-state index in [1.165, 1.54) is 0 Å². The van der Waals surface area contributed by atoms with Crippen LogP contribution in [0.3, 0.4) is 0 Å². The molecule has 118 valence electrons. The highest BCUT2D eigenvalue weighted by Crippen LogP contribution is 2.32. The second-order valence-electron chi connectivity index (χ2n) is 4.59. The lowest BCUT2D eigenvalue weighted by Crippen LogP contribution is -2.25. The van der Waals surface area contributed by atoms with E-state index in [-0.39, 0.29) is 11.1 Å². The van der Waals surface area contributed by atoms with Gasteiger partial charge in [0.15, 0.2) is 11.6 Å². The first-order valence-corrected chi connectivity index (χ1v) is 6.74. The summed E-state index contributed by atoms with van der Waals surface area (Å²) < 4.78 is 28.3. The summed E-state index contributed by atoms with van der Waals surface area (Å²) in [5.41, 5.74) is 3.76. The normalized spacial score (nSPS) is 13.2. The van der Waals surface area contributed by atoms with Gasteiger partial charge in [0.1, 0.15) is 10.8 Å². The molecule has 0 aliphatic carbocycles. The Morgan fingerprint density at radius 2 is 1.70 bits per heavy atom. The molecule has 3 rings (SSSR count). The van der Waals surface area contributed by atoms with Crippen molar-refractivity contribution in [2.45, 2.75) is 0 Å². The number of imide groups is 1. The average Bonchev–Trinajstić information content (AvgIpc) is 2.76. The van der Waals surface area contributed by atoms with Crippen LogP contribution in [0.5, 0.6) is 0 Å². The number of nitrogens with two attached hydrogens (primary N) is 1. The largest absolute Gasteiger partial charge is 0.384 e. The number of nitrogen functional groups attached to an aromatic ring is 1. The number of fused-ring (bicyclic) bond motifs is 1. The molecule has 0 saturated heterocycles. The predicted molar refractivity (Wildman–Crippen MR) is 78.2 cm³/mol. The van der Waals surface area contributed by atoms with Crippen molar-refractivity contribution in [1.29, 1.82) is 0 Å². The Bertz CT molecular complexity index is 972. The molecular weight excluding hydrogens is 355 g/mol. The number of halogens is 4. The van der Waals surface area contributed by atoms with Crippen LogP contribution in [0.25, 0.3) is 5.69 Å². The summed E-state index contributed by atoms with van der Waals surface area (Å²) in [5.74, 6) is -4.61. The lowest BCUT2D eigenvalue weighted by Gasteiger charge is -2.14. The van der Waals surface area contributed by atoms with E-state index in [2.05, 4.69) is 0 Å². The maximum atomic E-state index is 14.2. The highest BCUT2D eigenvalue weighted by atomic mass is 35.5. The number of benzene rings is 1. The molecule has 23 heavy (non-hydrogen) atoms. The molecule has 2 heterocycles. The molecule has 2 aromatic rings. The lowest BCUT2D eigenvalue weighted by molar-refractivity contribution is 0.0880. The van der Waals surface area contributed by atoms with Crippen molar-refractivity contribution >= 4 is 40.8 Å². The molecule has 10 heteroatoms. The van der Waals surface area contributed by atoms with Crippen LogP contribution in [0.4, 0.5) is 14.6 Å². The Hall–Kier alpha value is -2.45. The van der Waals surface area contributed by atoms with Crippen LogP contribution in [0, 0.1) is 11.6 Å². The zero-order valence-corrected chi connectivity index (χ0v) is 12.4. The molecule has 0 unspecified atom stereocenters. The van der Waals surface area contributed by atoms with Crippen LogP contribution in [0.1, 0.15) is 20.7 Å². The third kappa shape index (κ3) is 2.10. The standard InChI is InChI=1S/C13H5Cl2F2N3O3/c14-4-2-5(10(17)8(15)9(4)16)20-6(21)1-3-7(11(20)18)13(23)19-12(3)22/h1-2H,18H2,(H,19,22,23). The van der Waals surface area contributed by atoms with E-state index in [9.17, 15) is 23.2 Å². The molecule has 1 aliphatic rings. The zero-order chi connectivity index (χ0) is 17.0. The summed E-state index contributed by atoms with van der Waals surface area (Å²) in [4.78, 5) is 35.4. The topological polar surface area (TPSA) is 94.2 Å². The Morgan fingerprint density at radius 1 is 1.04 bits per heavy atom. The molecule has 6 nitrogen and oxygen atoms in total. The molecule has 2 amide bonds. The van der Waals surface area contributed by atoms with E-state index in [4.69, 9.17) is 28.9 Å². The van der Waals surface area contributed by atoms with Gasteiger partial charge in [-0.1, -0.05) is 23.2 Å². The average molecular weight is 360 g/mol. The number of nitrogens with zero attached hydrogens (tertiary/aromatic N) is 1. The Morgan fingerprint density at radius 3 is 2.35 bits per heavy atom. The Kier molecular flexibility index (Phi) is 3.38. The van der Waals surface area contributed by atoms with Crippen molar-refractivity contribution in [3.05, 3.63) is 55.3 Å². The maximum absolute atomic E-state index is 14.2. The summed E-state index contributed by atoms with van der Waals surface area (Å²) in [7, 11) is 0. The minimum absolute atomic E-state index is 0.228. The van der Waals surface area contributed by atoms with E-state index in [0.29, 0.717) is 4.57 Å². The maximum Gasteiger partial charge on any atom is 0.262 e. The van der Waals surface area contributed by atoms with E-state index in [0.717, 1.165) is 12.1 Å². The fourth-order valence-corrected chi connectivity index (χ4v) is 2.70. The number of rotatable bonds is 1. The van der Waals surface area contributed by atoms with E-state index >= 15 is 0 Å². The number of carbonyl (C=O) groups excluding carboxylic acids is 2. The Labute approximate surface area is 136 Å². The van der Waals surface area contributed by atoms with Gasteiger partial charge in [-0.05, 0) is 6.07 Å². The molecule has 0 spiro atoms. The van der Waals surface area contributed by atoms with Gasteiger partial charge in [-0.15, -0.1) is 0 Å². The molecule has 1 aromatic heterocycles. The van der Waals surface area contributed by atoms with Crippen LogP contribution in [0.2, 0.25) is 10.0 Å². The zero-order valence-electron chi connectivity index (χ0n) is 10.9. The molecule has 0 fully saturated rings. The summed E-state index contributed by atoms with van der Waals surface area (Å²) in [6.07, 6.45) is 0. The second kappa shape index (κ2) is 5.04. The van der Waals surface area contributed by atoms with Gasteiger partial charge in [-0.25, -0.2) is 8.78 Å². The number of carbonyl (C=O) groups is 2. The van der Waals surface area contributed by atoms with Gasteiger partial charge in [0.25, 0.3) is 17.4 Å². The summed E-state index contributed by atoms with van der Waals surface area (Å²) in [5, 5.41) is 0.486. The van der Waals surface area contributed by atoms with E-state index in [1.54, 1.807) is 0 Å². The van der Waals surface area contributed by atoms with Crippen molar-refractivity contribution < 1.29 is 18.4 Å². The van der Waals surface area contributed by atoms with Gasteiger partial charge < -0.3 is 5.73 Å². The van der Waals surface area contributed by atoms with Crippen molar-refractivity contribution in [3.8, 4) is 5.69 Å². The SMILES string of the molecule is Nc1c2c(cc(=O)n1-c1cc(Cl)c(F)c(Cl)c1F)C(=O)NC2=O. The fourth-order valence-electron chi connectivity index (χ4n) is 2.25. The molecule has 0 radical (unpaired) electrons. The van der Waals surface area contributed by atoms with E-state index in [1.807, 2.05) is 5.32 Å². The second-order valence-corrected chi connectivity index (χ2v) is 5.38. The summed E-state index contributed by atoms with van der Waals surface area (Å²) in [6.45, 7) is 0. The smallest absolute Gasteiger partial charge is 0.262 e. The number of pyridine rings is 1. The van der Waals surface area contributed by atoms with Gasteiger partial charge in [-0.3, -0.25) is 24.3 Å². The summed E-state index contributed by atoms with van der Waals surface area (Å²) >= 11 is 11.1. The molecular formula is C13H5Cl2F2N3O3. The van der Waals surface area contributed by atoms with Crippen molar-refractivity contribution in [1.82, 2.24) is 9.88 Å². The molecule has 0 saturated carbocycles. The van der Waals surface area contributed by atoms with Crippen LogP contribution in [-0.4, -0.2) is 16.4 Å². The number of hydrogen-bond donors (Lipinski definition) is 2. The third-order valence-corrected chi connectivity index (χ3v) is 3.88. The van der Waals surface area contributed by atoms with Gasteiger partial charge in [0.05, 0.1) is 21.8 Å². The number of nitrogens with one attached hydrogen (secondary N) is 1. The summed E-state index contributed by atoms with van der Waals surface area (Å²) in [6, 6.07) is 1.62. The quantitative estimate of drug-likeness (QED) is 0.461. The van der Waals surface area contributed by atoms with Crippen LogP contribution >= 0.6 is 23.2 Å². The first-order chi connectivity index (χ1) is 10.7. The van der Waals surface area contributed by atoms with Crippen LogP contribution in [0.15, 0.2) is 16.9 Å². The number of hydrogen-bond acceptors (Lipinski definition) is 4. The van der Waals surface area contributed by atoms with E-state index < -0.39 is 50.6 Å². The van der Waals surface area contributed by atoms with Gasteiger partial charge in [0, 0.05) is 6.07 Å². The predicted octanol–water partition coefficient (Wildman–Crippen LogP) is 1.89. The van der Waals surface area contributed by atoms with Crippen molar-refractivity contribution in [2.75, 3.05) is 5.73 Å². The molecule has 0 atom stereocenters. The third-order valence-electron chi connectivity index (χ3n) is 3.28.